The standard InChI is InChI=1S/C26H28ClN3O5/c1-30-18(7-11-24(30)32)13-20(22-9-8-19(15-2-3-15)26(35)29-22)17-5-4-16(21(27)12-17)6-10-23(31)28-14-25(33)34/h4-5,8-9,12-13,15,18H,2-3,6-7,10-11,14H2,1H3,(H,28,31)(H,29,35)(H,33,34)/b20-13+/t18-/m1/s1. The second-order valence-electron chi connectivity index (χ2n) is 9.10. The van der Waals surface area contributed by atoms with Crippen molar-refractivity contribution in [3.05, 3.63) is 74.2 Å². The van der Waals surface area contributed by atoms with Crippen molar-refractivity contribution in [3.8, 4) is 0 Å². The van der Waals surface area contributed by atoms with Crippen LogP contribution in [0.1, 0.15) is 60.4 Å². The summed E-state index contributed by atoms with van der Waals surface area (Å²) in [6.45, 7) is -0.421. The molecule has 2 amide bonds. The molecule has 1 aliphatic carbocycles. The molecule has 2 aliphatic rings. The number of carbonyl (C=O) groups excluding carboxylic acids is 2. The van der Waals surface area contributed by atoms with Crippen LogP contribution < -0.4 is 10.9 Å². The summed E-state index contributed by atoms with van der Waals surface area (Å²) in [5, 5.41) is 11.5. The smallest absolute Gasteiger partial charge is 0.322 e. The first kappa shape index (κ1) is 24.7. The fourth-order valence-corrected chi connectivity index (χ4v) is 4.62. The second kappa shape index (κ2) is 10.5. The fourth-order valence-electron chi connectivity index (χ4n) is 4.34. The summed E-state index contributed by atoms with van der Waals surface area (Å²) in [6.07, 6.45) is 5.71. The minimum absolute atomic E-state index is 0.0812. The molecule has 1 saturated heterocycles. The van der Waals surface area contributed by atoms with Crippen LogP contribution in [-0.4, -0.2) is 52.4 Å². The van der Waals surface area contributed by atoms with Gasteiger partial charge in [0.15, 0.2) is 0 Å². The maximum Gasteiger partial charge on any atom is 0.322 e. The topological polar surface area (TPSA) is 120 Å². The van der Waals surface area contributed by atoms with E-state index in [9.17, 15) is 19.2 Å². The Hall–Kier alpha value is -3.39. The van der Waals surface area contributed by atoms with Crippen LogP contribution in [-0.2, 0) is 20.8 Å². The number of hydrogen-bond acceptors (Lipinski definition) is 4. The summed E-state index contributed by atoms with van der Waals surface area (Å²) in [4.78, 5) is 52.0. The molecule has 2 fully saturated rings. The highest BCUT2D eigenvalue weighted by Crippen LogP contribution is 2.38. The minimum atomic E-state index is -1.10. The lowest BCUT2D eigenvalue weighted by atomic mass is 9.96. The Labute approximate surface area is 208 Å². The maximum absolute atomic E-state index is 12.7. The summed E-state index contributed by atoms with van der Waals surface area (Å²) in [5.74, 6) is -1.05. The number of nitrogens with one attached hydrogen (secondary N) is 2. The zero-order valence-corrected chi connectivity index (χ0v) is 20.2. The van der Waals surface area contributed by atoms with E-state index in [1.54, 1.807) is 18.0 Å². The number of pyridine rings is 1. The summed E-state index contributed by atoms with van der Waals surface area (Å²) in [6, 6.07) is 9.20. The number of carboxylic acids is 1. The fraction of sp³-hybridized carbons (Fsp3) is 0.385. The molecule has 0 spiro atoms. The predicted molar refractivity (Wildman–Crippen MR) is 132 cm³/mol. The van der Waals surface area contributed by atoms with Gasteiger partial charge in [0.2, 0.25) is 11.8 Å². The monoisotopic (exact) mass is 497 g/mol. The van der Waals surface area contributed by atoms with E-state index in [2.05, 4.69) is 10.3 Å². The molecule has 8 nitrogen and oxygen atoms in total. The number of H-pyrrole nitrogens is 1. The van der Waals surface area contributed by atoms with Gasteiger partial charge in [0.25, 0.3) is 5.56 Å². The first-order valence-corrected chi connectivity index (χ1v) is 12.1. The third-order valence-corrected chi connectivity index (χ3v) is 6.93. The Morgan fingerprint density at radius 3 is 2.57 bits per heavy atom. The molecule has 3 N–H and O–H groups in total. The van der Waals surface area contributed by atoms with Gasteiger partial charge in [-0.1, -0.05) is 35.9 Å². The number of hydrogen-bond donors (Lipinski definition) is 3. The Balaban J connectivity index is 1.61. The van der Waals surface area contributed by atoms with E-state index in [1.165, 1.54) is 0 Å². The number of aromatic amines is 1. The summed E-state index contributed by atoms with van der Waals surface area (Å²) in [7, 11) is 1.78. The van der Waals surface area contributed by atoms with Crippen LogP contribution >= 0.6 is 11.6 Å². The number of carbonyl (C=O) groups is 3. The van der Waals surface area contributed by atoms with Crippen molar-refractivity contribution in [2.75, 3.05) is 13.6 Å². The van der Waals surface area contributed by atoms with Crippen molar-refractivity contribution >= 4 is 35.0 Å². The number of carboxylic acid groups (broad SMARTS) is 1. The molecule has 9 heteroatoms. The van der Waals surface area contributed by atoms with E-state index in [4.69, 9.17) is 16.7 Å². The molecule has 1 aromatic heterocycles. The molecule has 184 valence electrons. The zero-order valence-electron chi connectivity index (χ0n) is 19.5. The van der Waals surface area contributed by atoms with E-state index in [0.29, 0.717) is 35.9 Å². The molecule has 1 saturated carbocycles. The van der Waals surface area contributed by atoms with Crippen LogP contribution in [0.25, 0.3) is 5.57 Å². The van der Waals surface area contributed by atoms with Crippen molar-refractivity contribution in [3.63, 3.8) is 0 Å². The molecule has 2 aromatic rings. The quantitative estimate of drug-likeness (QED) is 0.492. The van der Waals surface area contributed by atoms with E-state index in [1.807, 2.05) is 30.3 Å². The highest BCUT2D eigenvalue weighted by molar-refractivity contribution is 6.31. The molecule has 1 aromatic carbocycles. The number of aromatic nitrogens is 1. The van der Waals surface area contributed by atoms with Gasteiger partial charge in [-0.05, 0) is 54.9 Å². The normalized spacial score (nSPS) is 18.1. The van der Waals surface area contributed by atoms with Crippen molar-refractivity contribution < 1.29 is 19.5 Å². The molecule has 4 rings (SSSR count). The number of rotatable bonds is 9. The molecular formula is C26H28ClN3O5. The number of benzene rings is 1. The van der Waals surface area contributed by atoms with Gasteiger partial charge >= 0.3 is 5.97 Å². The maximum atomic E-state index is 12.7. The zero-order chi connectivity index (χ0) is 25.1. The first-order chi connectivity index (χ1) is 16.7. The second-order valence-corrected chi connectivity index (χ2v) is 9.51. The lowest BCUT2D eigenvalue weighted by Gasteiger charge is -2.19. The highest BCUT2D eigenvalue weighted by Gasteiger charge is 2.28. The number of aliphatic carboxylic acids is 1. The van der Waals surface area contributed by atoms with E-state index in [-0.39, 0.29) is 29.8 Å². The van der Waals surface area contributed by atoms with Crippen LogP contribution in [0.15, 0.2) is 41.2 Å². The molecule has 35 heavy (non-hydrogen) atoms. The van der Waals surface area contributed by atoms with Gasteiger partial charge in [0.1, 0.15) is 6.54 Å². The summed E-state index contributed by atoms with van der Waals surface area (Å²) < 4.78 is 0. The third kappa shape index (κ3) is 6.00. The van der Waals surface area contributed by atoms with Gasteiger partial charge < -0.3 is 20.3 Å². The average molecular weight is 498 g/mol. The first-order valence-electron chi connectivity index (χ1n) is 11.7. The lowest BCUT2D eigenvalue weighted by molar-refractivity contribution is -0.137. The van der Waals surface area contributed by atoms with Gasteiger partial charge in [-0.15, -0.1) is 0 Å². The third-order valence-electron chi connectivity index (χ3n) is 6.57. The van der Waals surface area contributed by atoms with E-state index in [0.717, 1.165) is 35.1 Å². The molecular weight excluding hydrogens is 470 g/mol. The van der Waals surface area contributed by atoms with Crippen LogP contribution in [0.5, 0.6) is 0 Å². The van der Waals surface area contributed by atoms with Crippen molar-refractivity contribution in [1.82, 2.24) is 15.2 Å². The van der Waals surface area contributed by atoms with Gasteiger partial charge in [-0.3, -0.25) is 19.2 Å². The molecule has 2 heterocycles. The lowest BCUT2D eigenvalue weighted by Crippen LogP contribution is -2.29. The molecule has 0 unspecified atom stereocenters. The van der Waals surface area contributed by atoms with Crippen molar-refractivity contribution in [2.24, 2.45) is 0 Å². The Kier molecular flexibility index (Phi) is 7.40. The largest absolute Gasteiger partial charge is 0.480 e. The highest BCUT2D eigenvalue weighted by atomic mass is 35.5. The molecule has 1 atom stereocenters. The van der Waals surface area contributed by atoms with Crippen molar-refractivity contribution in [1.29, 1.82) is 0 Å². The minimum Gasteiger partial charge on any atom is -0.480 e. The number of likely N-dealkylation sites (tertiary alicyclic amines) is 1. The van der Waals surface area contributed by atoms with E-state index < -0.39 is 12.5 Å². The Morgan fingerprint density at radius 2 is 1.97 bits per heavy atom. The molecule has 0 radical (unpaired) electrons. The molecule has 0 bridgehead atoms. The van der Waals surface area contributed by atoms with Crippen LogP contribution in [0, 0.1) is 0 Å². The number of nitrogens with zero attached hydrogens (tertiary/aromatic N) is 1. The number of likely N-dealkylation sites (N-methyl/N-ethyl adjacent to an activating group) is 1. The van der Waals surface area contributed by atoms with Gasteiger partial charge in [-0.25, -0.2) is 0 Å². The Morgan fingerprint density at radius 1 is 1.20 bits per heavy atom. The van der Waals surface area contributed by atoms with Crippen molar-refractivity contribution in [2.45, 2.75) is 50.5 Å². The van der Waals surface area contributed by atoms with Crippen LogP contribution in [0.2, 0.25) is 5.02 Å². The van der Waals surface area contributed by atoms with Gasteiger partial charge in [-0.2, -0.15) is 0 Å². The van der Waals surface area contributed by atoms with Crippen LogP contribution in [0.3, 0.4) is 0 Å². The average Bonchev–Trinajstić information content (AvgIpc) is 3.61. The number of aryl methyl sites for hydroxylation is 1. The van der Waals surface area contributed by atoms with E-state index >= 15 is 0 Å². The molecule has 1 aliphatic heterocycles. The Bertz CT molecular complexity index is 1250. The van der Waals surface area contributed by atoms with Gasteiger partial charge in [0.05, 0.1) is 6.04 Å². The summed E-state index contributed by atoms with van der Waals surface area (Å²) in [5.41, 5.74) is 3.69. The van der Waals surface area contributed by atoms with Gasteiger partial charge in [0, 0.05) is 41.7 Å². The number of halogens is 1. The summed E-state index contributed by atoms with van der Waals surface area (Å²) >= 11 is 6.56. The van der Waals surface area contributed by atoms with Crippen LogP contribution in [0.4, 0.5) is 0 Å². The SMILES string of the molecule is CN1C(=O)CC[C@@H]1/C=C(\c1ccc(CCC(=O)NCC(=O)O)c(Cl)c1)c1ccc(C2CC2)c(=O)[nH]1. The number of amides is 2. The predicted octanol–water partition coefficient (Wildman–Crippen LogP) is 3.09.